The number of rotatable bonds is 11. The number of fused-ring (bicyclic) bond motifs is 1. The number of nitrogens with zero attached hydrogens (tertiary/aromatic N) is 3. The first-order valence-electron chi connectivity index (χ1n) is 13.2. The van der Waals surface area contributed by atoms with E-state index in [0.717, 1.165) is 62.5 Å². The summed E-state index contributed by atoms with van der Waals surface area (Å²) in [5.41, 5.74) is 2.80. The number of likely N-dealkylation sites (N-methyl/N-ethyl adjacent to an activating group) is 1. The molecular formula is C28H36Cl2N4O4. The van der Waals surface area contributed by atoms with Crippen molar-refractivity contribution >= 4 is 46.5 Å². The van der Waals surface area contributed by atoms with Crippen LogP contribution in [0, 0.1) is 0 Å². The summed E-state index contributed by atoms with van der Waals surface area (Å²) in [7, 11) is 1.69. The molecule has 8 nitrogen and oxygen atoms in total. The molecule has 1 atom stereocenters. The van der Waals surface area contributed by atoms with Crippen LogP contribution in [0.5, 0.6) is 5.75 Å². The van der Waals surface area contributed by atoms with E-state index in [9.17, 15) is 9.59 Å². The number of carbonyl (C=O) groups is 2. The number of hydrogen-bond donors (Lipinski definition) is 1. The van der Waals surface area contributed by atoms with Gasteiger partial charge < -0.3 is 19.7 Å². The van der Waals surface area contributed by atoms with Gasteiger partial charge in [0.2, 0.25) is 5.91 Å². The highest BCUT2D eigenvalue weighted by Gasteiger charge is 2.26. The molecule has 0 aliphatic carbocycles. The van der Waals surface area contributed by atoms with Gasteiger partial charge in [0.05, 0.1) is 28.0 Å². The predicted octanol–water partition coefficient (Wildman–Crippen LogP) is 4.36. The highest BCUT2D eigenvalue weighted by molar-refractivity contribution is 6.43. The fourth-order valence-electron chi connectivity index (χ4n) is 4.70. The number of carbonyl (C=O) groups excluding carboxylic acids is 2. The third-order valence-corrected chi connectivity index (χ3v) is 7.97. The first-order chi connectivity index (χ1) is 18.4. The van der Waals surface area contributed by atoms with Crippen LogP contribution in [0.3, 0.4) is 0 Å². The smallest absolute Gasteiger partial charge is 0.324 e. The number of aryl methyl sites for hydroxylation is 1. The molecule has 0 aromatic heterocycles. The van der Waals surface area contributed by atoms with Crippen LogP contribution in [0.4, 0.5) is 11.4 Å². The Kier molecular flexibility index (Phi) is 10.1. The van der Waals surface area contributed by atoms with E-state index >= 15 is 0 Å². The maximum atomic E-state index is 12.6. The largest absolute Gasteiger partial charge is 0.494 e. The zero-order chi connectivity index (χ0) is 27.1. The van der Waals surface area contributed by atoms with Crippen LogP contribution in [0.2, 0.25) is 10.0 Å². The van der Waals surface area contributed by atoms with Crippen molar-refractivity contribution in [2.45, 2.75) is 38.6 Å². The van der Waals surface area contributed by atoms with Crippen LogP contribution in [-0.4, -0.2) is 75.9 Å². The van der Waals surface area contributed by atoms with Gasteiger partial charge in [0.15, 0.2) is 6.73 Å². The fraction of sp³-hybridized carbons (Fsp3) is 0.500. The van der Waals surface area contributed by atoms with Gasteiger partial charge in [-0.05, 0) is 63.5 Å². The number of ether oxygens (including phenoxy) is 2. The van der Waals surface area contributed by atoms with Gasteiger partial charge in [-0.1, -0.05) is 35.3 Å². The minimum Gasteiger partial charge on any atom is -0.494 e. The molecule has 10 heteroatoms. The van der Waals surface area contributed by atoms with E-state index in [0.29, 0.717) is 35.2 Å². The van der Waals surface area contributed by atoms with Crippen LogP contribution < -0.4 is 19.9 Å². The summed E-state index contributed by atoms with van der Waals surface area (Å²) in [5.74, 6) is 0.261. The average molecular weight is 564 g/mol. The number of anilines is 2. The topological polar surface area (TPSA) is 74.3 Å². The second-order valence-electron chi connectivity index (χ2n) is 9.67. The van der Waals surface area contributed by atoms with E-state index < -0.39 is 12.0 Å². The van der Waals surface area contributed by atoms with Crippen LogP contribution >= 0.6 is 23.2 Å². The summed E-state index contributed by atoms with van der Waals surface area (Å²) >= 11 is 12.6. The Morgan fingerprint density at radius 2 is 1.84 bits per heavy atom. The third-order valence-electron chi connectivity index (χ3n) is 7.16. The highest BCUT2D eigenvalue weighted by Crippen LogP contribution is 2.33. The number of amides is 1. The Balaban J connectivity index is 1.21. The maximum Gasteiger partial charge on any atom is 0.324 e. The Labute approximate surface area is 234 Å². The summed E-state index contributed by atoms with van der Waals surface area (Å²) in [6.45, 7) is 7.04. The number of esters is 1. The first kappa shape index (κ1) is 28.5. The third kappa shape index (κ3) is 7.11. The first-order valence-corrected chi connectivity index (χ1v) is 13.9. The standard InChI is InChI=1S/C28H36Cl2N4O4/c1-20(31-2)28(36)38-19-34-25-18-22(10-8-21(25)9-11-26(34)35)37-17-4-3-12-32-13-15-33(16-14-32)24-7-5-6-23(29)27(24)30/h5-8,10,18,20,31H,3-4,9,11-17,19H2,1-2H3. The molecule has 4 rings (SSSR count). The molecule has 206 valence electrons. The summed E-state index contributed by atoms with van der Waals surface area (Å²) in [5, 5.41) is 4.06. The van der Waals surface area contributed by atoms with Crippen molar-refractivity contribution in [3.05, 3.63) is 52.0 Å². The lowest BCUT2D eigenvalue weighted by Crippen LogP contribution is -2.46. The van der Waals surface area contributed by atoms with Crippen LogP contribution in [0.15, 0.2) is 36.4 Å². The maximum absolute atomic E-state index is 12.6. The normalized spacial score (nSPS) is 16.8. The number of piperazine rings is 1. The number of unbranched alkanes of at least 4 members (excludes halogenated alkanes) is 1. The van der Waals surface area contributed by atoms with Crippen molar-refractivity contribution in [1.82, 2.24) is 10.2 Å². The molecule has 1 amide bonds. The molecule has 0 radical (unpaired) electrons. The molecule has 0 spiro atoms. The Morgan fingerprint density at radius 1 is 1.05 bits per heavy atom. The molecule has 2 aromatic carbocycles. The molecule has 0 saturated carbocycles. The average Bonchev–Trinajstić information content (AvgIpc) is 2.93. The molecule has 1 fully saturated rings. The van der Waals surface area contributed by atoms with Crippen molar-refractivity contribution in [3.63, 3.8) is 0 Å². The van der Waals surface area contributed by atoms with Gasteiger partial charge in [0.1, 0.15) is 11.8 Å². The number of halogens is 2. The minimum atomic E-state index is -0.436. The van der Waals surface area contributed by atoms with E-state index in [1.165, 1.54) is 4.90 Å². The summed E-state index contributed by atoms with van der Waals surface area (Å²) in [4.78, 5) is 30.9. The van der Waals surface area contributed by atoms with Crippen LogP contribution in [0.1, 0.15) is 31.7 Å². The molecule has 2 aliphatic heterocycles. The fourth-order valence-corrected chi connectivity index (χ4v) is 5.11. The Morgan fingerprint density at radius 3 is 2.61 bits per heavy atom. The lowest BCUT2D eigenvalue weighted by atomic mass is 10.0. The second kappa shape index (κ2) is 13.5. The molecule has 2 aromatic rings. The molecule has 2 heterocycles. The lowest BCUT2D eigenvalue weighted by molar-refractivity contribution is -0.146. The van der Waals surface area contributed by atoms with Gasteiger partial charge in [0, 0.05) is 38.7 Å². The van der Waals surface area contributed by atoms with Gasteiger partial charge in [-0.3, -0.25) is 19.4 Å². The SMILES string of the molecule is CNC(C)C(=O)OCN1C(=O)CCc2ccc(OCCCCN3CCN(c4cccc(Cl)c4Cl)CC3)cc21. The molecule has 1 N–H and O–H groups in total. The molecule has 38 heavy (non-hydrogen) atoms. The van der Waals surface area contributed by atoms with Gasteiger partial charge >= 0.3 is 5.97 Å². The Hall–Kier alpha value is -2.52. The van der Waals surface area contributed by atoms with E-state index in [1.54, 1.807) is 14.0 Å². The zero-order valence-corrected chi connectivity index (χ0v) is 23.6. The van der Waals surface area contributed by atoms with Crippen molar-refractivity contribution in [2.24, 2.45) is 0 Å². The number of hydrogen-bond acceptors (Lipinski definition) is 7. The molecule has 0 bridgehead atoms. The zero-order valence-electron chi connectivity index (χ0n) is 22.1. The quantitative estimate of drug-likeness (QED) is 0.322. The highest BCUT2D eigenvalue weighted by atomic mass is 35.5. The van der Waals surface area contributed by atoms with Gasteiger partial charge in [-0.15, -0.1) is 0 Å². The Bertz CT molecular complexity index is 1120. The van der Waals surface area contributed by atoms with E-state index in [-0.39, 0.29) is 12.6 Å². The van der Waals surface area contributed by atoms with Gasteiger partial charge in [-0.25, -0.2) is 0 Å². The molecule has 1 saturated heterocycles. The van der Waals surface area contributed by atoms with Crippen LogP contribution in [0.25, 0.3) is 0 Å². The number of benzene rings is 2. The number of nitrogens with one attached hydrogen (secondary N) is 1. The van der Waals surface area contributed by atoms with Crippen LogP contribution in [-0.2, 0) is 20.7 Å². The van der Waals surface area contributed by atoms with E-state index in [1.807, 2.05) is 36.4 Å². The van der Waals surface area contributed by atoms with Gasteiger partial charge in [0.25, 0.3) is 0 Å². The van der Waals surface area contributed by atoms with Crippen molar-refractivity contribution in [1.29, 1.82) is 0 Å². The van der Waals surface area contributed by atoms with E-state index in [2.05, 4.69) is 15.1 Å². The lowest BCUT2D eigenvalue weighted by Gasteiger charge is -2.36. The minimum absolute atomic E-state index is 0.0581. The molecule has 2 aliphatic rings. The van der Waals surface area contributed by atoms with E-state index in [4.69, 9.17) is 32.7 Å². The molecular weight excluding hydrogens is 527 g/mol. The second-order valence-corrected chi connectivity index (χ2v) is 10.5. The van der Waals surface area contributed by atoms with Gasteiger partial charge in [-0.2, -0.15) is 0 Å². The predicted molar refractivity (Wildman–Crippen MR) is 152 cm³/mol. The monoisotopic (exact) mass is 562 g/mol. The van der Waals surface area contributed by atoms with Crippen molar-refractivity contribution in [3.8, 4) is 5.75 Å². The summed E-state index contributed by atoms with van der Waals surface area (Å²) in [6, 6.07) is 11.2. The summed E-state index contributed by atoms with van der Waals surface area (Å²) < 4.78 is 11.4. The van der Waals surface area contributed by atoms with Crippen molar-refractivity contribution in [2.75, 3.05) is 62.9 Å². The molecule has 1 unspecified atom stereocenters. The summed E-state index contributed by atoms with van der Waals surface area (Å²) in [6.07, 6.45) is 3.03. The van der Waals surface area contributed by atoms with Crippen molar-refractivity contribution < 1.29 is 19.1 Å².